The Labute approximate surface area is 419 Å². The molecule has 0 saturated heterocycles. The molecule has 0 aliphatic heterocycles. The number of hydrogen-bond acceptors (Lipinski definition) is 4. The van der Waals surface area contributed by atoms with Gasteiger partial charge in [-0.15, -0.1) is 0 Å². The second-order valence-electron chi connectivity index (χ2n) is 18.0. The topological polar surface area (TPSA) is 36.9 Å². The molecule has 9 rings (SSSR count). The third-order valence-corrected chi connectivity index (χ3v) is 18.0. The van der Waals surface area contributed by atoms with Crippen LogP contribution in [0.2, 0.25) is 0 Å². The third-order valence-electron chi connectivity index (χ3n) is 12.8. The highest BCUT2D eigenvalue weighted by atomic mass is 31.1. The molecular weight excluding hydrogens is 895 g/mol. The molecule has 0 spiro atoms. The highest BCUT2D eigenvalue weighted by Gasteiger charge is 2.35. The lowest BCUT2D eigenvalue weighted by atomic mass is 9.91. The van der Waals surface area contributed by atoms with E-state index >= 15 is 0 Å². The first kappa shape index (κ1) is 48.8. The van der Waals surface area contributed by atoms with Crippen LogP contribution in [-0.2, 0) is 19.3 Å². The molecule has 8 bridgehead atoms. The average Bonchev–Trinajstić information content (AvgIpc) is 3.40. The van der Waals surface area contributed by atoms with Crippen LogP contribution < -0.4 is 45.5 Å². The summed E-state index contributed by atoms with van der Waals surface area (Å²) >= 11 is 0. The molecule has 0 aromatic heterocycles. The summed E-state index contributed by atoms with van der Waals surface area (Å²) < 4.78 is 28.3. The lowest BCUT2D eigenvalue weighted by Crippen LogP contribution is -2.22. The maximum atomic E-state index is 7.22. The molecule has 1 atom stereocenters. The number of fused-ring (bicyclic) bond motifs is 8. The van der Waals surface area contributed by atoms with Gasteiger partial charge in [0, 0.05) is 36.0 Å². The van der Waals surface area contributed by atoms with Crippen molar-refractivity contribution in [1.82, 2.24) is 0 Å². The van der Waals surface area contributed by atoms with Gasteiger partial charge in [0.25, 0.3) is 0 Å². The van der Waals surface area contributed by atoms with E-state index in [1.165, 1.54) is 43.2 Å². The van der Waals surface area contributed by atoms with Gasteiger partial charge in [-0.2, -0.15) is 0 Å². The van der Waals surface area contributed by atoms with Crippen molar-refractivity contribution in [2.24, 2.45) is 0 Å². The summed E-state index contributed by atoms with van der Waals surface area (Å²) in [5.74, 6) is 3.83. The molecule has 4 nitrogen and oxygen atoms in total. The van der Waals surface area contributed by atoms with E-state index in [0.29, 0.717) is 45.7 Å². The summed E-state index contributed by atoms with van der Waals surface area (Å²) in [5.41, 5.74) is 9.16. The molecule has 0 heterocycles. The first-order valence-electron chi connectivity index (χ1n) is 25.4. The Morgan fingerprint density at radius 1 is 0.329 bits per heavy atom. The first-order chi connectivity index (χ1) is 34.6. The van der Waals surface area contributed by atoms with Gasteiger partial charge in [-0.3, -0.25) is 0 Å². The molecule has 0 radical (unpaired) electrons. The molecule has 1 aliphatic rings. The largest absolute Gasteiger partial charge is 0.493 e. The van der Waals surface area contributed by atoms with E-state index in [2.05, 4.69) is 216 Å². The minimum atomic E-state index is -1.07. The molecule has 8 aromatic rings. The molecule has 1 unspecified atom stereocenters. The van der Waals surface area contributed by atoms with Crippen molar-refractivity contribution in [2.45, 2.75) is 78.3 Å². The molecule has 0 fully saturated rings. The Morgan fingerprint density at radius 2 is 0.643 bits per heavy atom. The smallest absolute Gasteiger partial charge is 0.127 e. The molecule has 356 valence electrons. The van der Waals surface area contributed by atoms with E-state index in [1.807, 2.05) is 0 Å². The lowest BCUT2D eigenvalue weighted by molar-refractivity contribution is 0.304. The molecule has 70 heavy (non-hydrogen) atoms. The van der Waals surface area contributed by atoms with Crippen molar-refractivity contribution >= 4 is 42.4 Å². The first-order valence-corrected chi connectivity index (χ1v) is 28.2. The van der Waals surface area contributed by atoms with E-state index in [9.17, 15) is 0 Å². The van der Waals surface area contributed by atoms with Crippen molar-refractivity contribution in [2.75, 3.05) is 26.4 Å². The second-order valence-corrected chi connectivity index (χ2v) is 22.6. The maximum absolute atomic E-state index is 7.22. The minimum absolute atomic E-state index is 0.129. The zero-order chi connectivity index (χ0) is 48.1. The number of benzene rings is 8. The van der Waals surface area contributed by atoms with Crippen molar-refractivity contribution in [3.63, 3.8) is 0 Å². The Kier molecular flexibility index (Phi) is 16.8. The monoisotopic (exact) mass is 960 g/mol. The second kappa shape index (κ2) is 24.1. The number of ether oxygens (including phenoxy) is 4. The van der Waals surface area contributed by atoms with Crippen molar-refractivity contribution in [3.8, 4) is 23.0 Å². The van der Waals surface area contributed by atoms with Gasteiger partial charge in [0.1, 0.15) is 23.0 Å². The standard InChI is InChI=1S/C64H66O4P2/c1-5-38-65-60-47-24-21-25-48(60)43-51-45-57(69(53-28-13-9-14-29-53)54-30-15-10-16-31-54)46-52(61(51)66-39-6-2)44-50-27-23-37-59(63(50)68-41-8-4)64(58-36-22-26-49(42-47)62(58)67-40-7-3)70(55-32-17-11-18-33-55)56-34-19-12-20-35-56/h9-37,45-46,64H,5-8,38-44H2,1-4H3. The van der Waals surface area contributed by atoms with Gasteiger partial charge >= 0.3 is 0 Å². The van der Waals surface area contributed by atoms with Crippen molar-refractivity contribution < 1.29 is 18.9 Å². The zero-order valence-corrected chi connectivity index (χ0v) is 43.1. The summed E-state index contributed by atoms with van der Waals surface area (Å²) in [4.78, 5) is 0. The normalized spacial score (nSPS) is 13.3. The number of rotatable bonds is 18. The number of hydrogen-bond donors (Lipinski definition) is 0. The molecule has 6 heteroatoms. The van der Waals surface area contributed by atoms with Gasteiger partial charge in [-0.25, -0.2) is 0 Å². The zero-order valence-electron chi connectivity index (χ0n) is 41.3. The van der Waals surface area contributed by atoms with Gasteiger partial charge in [0.2, 0.25) is 0 Å². The highest BCUT2D eigenvalue weighted by molar-refractivity contribution is 7.79. The molecule has 8 aromatic carbocycles. The van der Waals surface area contributed by atoms with E-state index in [4.69, 9.17) is 18.9 Å². The Bertz CT molecular complexity index is 2840. The summed E-state index contributed by atoms with van der Waals surface area (Å²) in [5, 5.41) is 6.52. The summed E-state index contributed by atoms with van der Waals surface area (Å²) in [7, 11) is -2.00. The summed E-state index contributed by atoms with van der Waals surface area (Å²) in [6, 6.07) is 69.8. The van der Waals surface area contributed by atoms with E-state index in [-0.39, 0.29) is 5.66 Å². The minimum Gasteiger partial charge on any atom is -0.493 e. The third kappa shape index (κ3) is 11.1. The molecule has 0 N–H and O–H groups in total. The quantitative estimate of drug-likeness (QED) is 0.0803. The maximum Gasteiger partial charge on any atom is 0.127 e. The van der Waals surface area contributed by atoms with Crippen molar-refractivity contribution in [1.29, 1.82) is 0 Å². The predicted octanol–water partition coefficient (Wildman–Crippen LogP) is 13.9. The van der Waals surface area contributed by atoms with Gasteiger partial charge in [-0.1, -0.05) is 204 Å². The van der Waals surface area contributed by atoms with Crippen LogP contribution in [0.15, 0.2) is 188 Å². The molecule has 1 aliphatic carbocycles. The van der Waals surface area contributed by atoms with Crippen LogP contribution in [0.25, 0.3) is 0 Å². The Balaban J connectivity index is 1.39. The molecule has 0 amide bonds. The fraction of sp³-hybridized carbons (Fsp3) is 0.250. The fourth-order valence-electron chi connectivity index (χ4n) is 9.79. The van der Waals surface area contributed by atoms with Gasteiger partial charge in [0.15, 0.2) is 0 Å². The van der Waals surface area contributed by atoms with Crippen LogP contribution >= 0.6 is 15.8 Å². The van der Waals surface area contributed by atoms with Gasteiger partial charge < -0.3 is 18.9 Å². The van der Waals surface area contributed by atoms with Gasteiger partial charge in [-0.05, 0) is 114 Å². The lowest BCUT2D eigenvalue weighted by Gasteiger charge is -2.33. The van der Waals surface area contributed by atoms with Crippen LogP contribution in [-0.4, -0.2) is 26.4 Å². The van der Waals surface area contributed by atoms with Crippen LogP contribution in [0.3, 0.4) is 0 Å². The average molecular weight is 961 g/mol. The predicted molar refractivity (Wildman–Crippen MR) is 297 cm³/mol. The van der Waals surface area contributed by atoms with E-state index in [1.54, 1.807) is 0 Å². The number of para-hydroxylation sites is 3. The SMILES string of the molecule is CCCOc1c2cccc1Cc1cccc(c1OCCC)C(P(c1ccccc1)c1ccccc1)c1cccc(c1OCCC)Cc1cc(P(c3ccccc3)c3ccccc3)cc(c1OCCC)C2. The Hall–Kier alpha value is -6.18. The van der Waals surface area contributed by atoms with Crippen LogP contribution in [0.4, 0.5) is 0 Å². The Morgan fingerprint density at radius 3 is 1.03 bits per heavy atom. The van der Waals surface area contributed by atoms with Crippen LogP contribution in [0.5, 0.6) is 23.0 Å². The molecule has 0 saturated carbocycles. The van der Waals surface area contributed by atoms with E-state index < -0.39 is 15.8 Å². The molecular formula is C64H66O4P2. The van der Waals surface area contributed by atoms with Crippen molar-refractivity contribution in [3.05, 3.63) is 233 Å². The van der Waals surface area contributed by atoms with Crippen LogP contribution in [0.1, 0.15) is 104 Å². The fourth-order valence-corrected chi connectivity index (χ4v) is 15.0. The summed E-state index contributed by atoms with van der Waals surface area (Å²) in [6.07, 6.45) is 5.50. The van der Waals surface area contributed by atoms with E-state index in [0.717, 1.165) is 76.5 Å². The summed E-state index contributed by atoms with van der Waals surface area (Å²) in [6.45, 7) is 11.2. The van der Waals surface area contributed by atoms with Crippen LogP contribution in [0, 0.1) is 0 Å². The van der Waals surface area contributed by atoms with Gasteiger partial charge in [0.05, 0.1) is 26.4 Å². The highest BCUT2D eigenvalue weighted by Crippen LogP contribution is 2.58.